The van der Waals surface area contributed by atoms with Crippen LogP contribution in [0.25, 0.3) is 27.8 Å². The molecule has 1 fully saturated rings. The van der Waals surface area contributed by atoms with E-state index in [9.17, 15) is 4.39 Å². The van der Waals surface area contributed by atoms with Crippen LogP contribution in [-0.2, 0) is 11.3 Å². The van der Waals surface area contributed by atoms with E-state index in [1.165, 1.54) is 12.1 Å². The molecule has 0 amide bonds. The van der Waals surface area contributed by atoms with Crippen LogP contribution in [0.15, 0.2) is 60.9 Å². The Morgan fingerprint density at radius 3 is 2.79 bits per heavy atom. The minimum Gasteiger partial charge on any atom is -0.378 e. The number of H-pyrrole nitrogens is 1. The number of hydrogen-bond acceptors (Lipinski definition) is 5. The first-order valence-electron chi connectivity index (χ1n) is 11.1. The molecule has 3 heterocycles. The van der Waals surface area contributed by atoms with Crippen LogP contribution in [0.4, 0.5) is 15.8 Å². The number of fused-ring (bicyclic) bond motifs is 2. The van der Waals surface area contributed by atoms with E-state index in [-0.39, 0.29) is 5.82 Å². The molecule has 7 nitrogen and oxygen atoms in total. The lowest BCUT2D eigenvalue weighted by Crippen LogP contribution is -2.36. The fourth-order valence-electron chi connectivity index (χ4n) is 4.37. The quantitative estimate of drug-likeness (QED) is 0.367. The molecule has 5 aromatic rings. The zero-order chi connectivity index (χ0) is 23.1. The van der Waals surface area contributed by atoms with Crippen molar-refractivity contribution in [2.24, 2.45) is 0 Å². The van der Waals surface area contributed by atoms with Gasteiger partial charge in [-0.15, -0.1) is 0 Å². The topological polar surface area (TPSA) is 71.0 Å². The standard InChI is InChI=1S/C25H22ClFN6O/c26-16-4-5-20-21(10-16)31-24(30-20)14-28-22-12-19(32-6-8-34-9-7-32)13-23-25(22)29-15-33(23)18-3-1-2-17(27)11-18/h1-5,10-13,15,28H,6-9,14H2,(H,30,31). The fourth-order valence-corrected chi connectivity index (χ4v) is 4.54. The number of rotatable bonds is 5. The average molecular weight is 477 g/mol. The van der Waals surface area contributed by atoms with Gasteiger partial charge >= 0.3 is 0 Å². The third-order valence-electron chi connectivity index (χ3n) is 6.04. The monoisotopic (exact) mass is 476 g/mol. The smallest absolute Gasteiger partial charge is 0.126 e. The Morgan fingerprint density at radius 2 is 1.94 bits per heavy atom. The van der Waals surface area contributed by atoms with E-state index in [1.807, 2.05) is 28.8 Å². The molecule has 1 saturated heterocycles. The molecular weight excluding hydrogens is 455 g/mol. The van der Waals surface area contributed by atoms with Gasteiger partial charge in [0.15, 0.2) is 0 Å². The first-order chi connectivity index (χ1) is 16.6. The summed E-state index contributed by atoms with van der Waals surface area (Å²) in [6.45, 7) is 3.48. The molecule has 1 aliphatic rings. The molecule has 9 heteroatoms. The van der Waals surface area contributed by atoms with Crippen LogP contribution in [0.2, 0.25) is 5.02 Å². The first-order valence-corrected chi connectivity index (χ1v) is 11.5. The molecule has 2 aromatic heterocycles. The summed E-state index contributed by atoms with van der Waals surface area (Å²) in [5.74, 6) is 0.513. The number of ether oxygens (including phenoxy) is 1. The lowest BCUT2D eigenvalue weighted by atomic mass is 10.2. The zero-order valence-electron chi connectivity index (χ0n) is 18.3. The number of nitrogens with one attached hydrogen (secondary N) is 2. The summed E-state index contributed by atoms with van der Waals surface area (Å²) < 4.78 is 21.4. The lowest BCUT2D eigenvalue weighted by molar-refractivity contribution is 0.122. The Labute approximate surface area is 200 Å². The van der Waals surface area contributed by atoms with Gasteiger partial charge < -0.3 is 19.9 Å². The molecule has 34 heavy (non-hydrogen) atoms. The molecule has 3 aromatic carbocycles. The third-order valence-corrected chi connectivity index (χ3v) is 6.27. The van der Waals surface area contributed by atoms with Gasteiger partial charge in [-0.05, 0) is 48.5 Å². The number of benzene rings is 3. The number of imidazole rings is 2. The van der Waals surface area contributed by atoms with Gasteiger partial charge in [0, 0.05) is 23.8 Å². The highest BCUT2D eigenvalue weighted by molar-refractivity contribution is 6.31. The van der Waals surface area contributed by atoms with E-state index in [1.54, 1.807) is 12.4 Å². The Bertz CT molecular complexity index is 1490. The second-order valence-electron chi connectivity index (χ2n) is 8.25. The van der Waals surface area contributed by atoms with Gasteiger partial charge in [-0.3, -0.25) is 4.57 Å². The number of morpholine rings is 1. The number of anilines is 2. The van der Waals surface area contributed by atoms with Crippen LogP contribution in [-0.4, -0.2) is 45.8 Å². The normalized spacial score (nSPS) is 14.2. The van der Waals surface area contributed by atoms with Crippen LogP contribution in [0.1, 0.15) is 5.82 Å². The predicted octanol–water partition coefficient (Wildman–Crippen LogP) is 5.14. The van der Waals surface area contributed by atoms with Crippen LogP contribution in [0, 0.1) is 5.82 Å². The summed E-state index contributed by atoms with van der Waals surface area (Å²) in [7, 11) is 0. The van der Waals surface area contributed by atoms with E-state index in [0.29, 0.717) is 24.8 Å². The van der Waals surface area contributed by atoms with Crippen molar-refractivity contribution in [1.82, 2.24) is 19.5 Å². The predicted molar refractivity (Wildman–Crippen MR) is 132 cm³/mol. The summed E-state index contributed by atoms with van der Waals surface area (Å²) in [6, 6.07) is 16.3. The van der Waals surface area contributed by atoms with Crippen molar-refractivity contribution >= 4 is 45.0 Å². The molecule has 0 bridgehead atoms. The average Bonchev–Trinajstić information content (AvgIpc) is 3.46. The second kappa shape index (κ2) is 8.62. The lowest BCUT2D eigenvalue weighted by Gasteiger charge is -2.29. The molecule has 0 atom stereocenters. The largest absolute Gasteiger partial charge is 0.378 e. The maximum absolute atomic E-state index is 13.9. The number of nitrogens with zero attached hydrogens (tertiary/aromatic N) is 4. The molecule has 2 N–H and O–H groups in total. The van der Waals surface area contributed by atoms with Crippen molar-refractivity contribution in [3.8, 4) is 5.69 Å². The van der Waals surface area contributed by atoms with Crippen molar-refractivity contribution in [3.05, 3.63) is 77.6 Å². The summed E-state index contributed by atoms with van der Waals surface area (Å²) in [5, 5.41) is 4.17. The number of aromatic nitrogens is 4. The summed E-state index contributed by atoms with van der Waals surface area (Å²) in [6.07, 6.45) is 1.73. The van der Waals surface area contributed by atoms with E-state index in [2.05, 4.69) is 37.3 Å². The van der Waals surface area contributed by atoms with Crippen molar-refractivity contribution in [3.63, 3.8) is 0 Å². The minimum absolute atomic E-state index is 0.285. The molecule has 0 saturated carbocycles. The number of halogens is 2. The molecule has 1 aliphatic heterocycles. The van der Waals surface area contributed by atoms with Crippen molar-refractivity contribution in [1.29, 1.82) is 0 Å². The maximum Gasteiger partial charge on any atom is 0.126 e. The Morgan fingerprint density at radius 1 is 1.06 bits per heavy atom. The fraction of sp³-hybridized carbons (Fsp3) is 0.200. The van der Waals surface area contributed by atoms with Crippen LogP contribution in [0.5, 0.6) is 0 Å². The SMILES string of the molecule is Fc1cccc(-n2cnc3c(NCc4nc5ccc(Cl)cc5[nH]4)cc(N4CCOCC4)cc32)c1. The molecule has 172 valence electrons. The van der Waals surface area contributed by atoms with Gasteiger partial charge in [-0.25, -0.2) is 14.4 Å². The van der Waals surface area contributed by atoms with Crippen LogP contribution in [0.3, 0.4) is 0 Å². The Hall–Kier alpha value is -3.62. The molecule has 0 radical (unpaired) electrons. The molecule has 0 unspecified atom stereocenters. The van der Waals surface area contributed by atoms with Gasteiger partial charge in [-0.1, -0.05) is 17.7 Å². The Balaban J connectivity index is 1.40. The van der Waals surface area contributed by atoms with Crippen molar-refractivity contribution < 1.29 is 9.13 Å². The van der Waals surface area contributed by atoms with E-state index in [0.717, 1.165) is 58.0 Å². The van der Waals surface area contributed by atoms with Gasteiger partial charge in [0.25, 0.3) is 0 Å². The van der Waals surface area contributed by atoms with Crippen LogP contribution >= 0.6 is 11.6 Å². The third kappa shape index (κ3) is 3.95. The highest BCUT2D eigenvalue weighted by atomic mass is 35.5. The Kier molecular flexibility index (Phi) is 5.31. The second-order valence-corrected chi connectivity index (χ2v) is 8.69. The molecule has 0 aliphatic carbocycles. The minimum atomic E-state index is -0.285. The number of aromatic amines is 1. The molecule has 0 spiro atoms. The van der Waals surface area contributed by atoms with Crippen molar-refractivity contribution in [2.75, 3.05) is 36.5 Å². The van der Waals surface area contributed by atoms with Crippen LogP contribution < -0.4 is 10.2 Å². The summed E-state index contributed by atoms with van der Waals surface area (Å²) >= 11 is 6.11. The molecular formula is C25H22ClFN6O. The zero-order valence-corrected chi connectivity index (χ0v) is 19.0. The summed E-state index contributed by atoms with van der Waals surface area (Å²) in [4.78, 5) is 14.9. The van der Waals surface area contributed by atoms with E-state index in [4.69, 9.17) is 16.3 Å². The first kappa shape index (κ1) is 20.9. The summed E-state index contributed by atoms with van der Waals surface area (Å²) in [5.41, 5.74) is 6.13. The maximum atomic E-state index is 13.9. The highest BCUT2D eigenvalue weighted by Gasteiger charge is 2.17. The van der Waals surface area contributed by atoms with E-state index < -0.39 is 0 Å². The van der Waals surface area contributed by atoms with Gasteiger partial charge in [0.05, 0.1) is 47.7 Å². The molecule has 6 rings (SSSR count). The van der Waals surface area contributed by atoms with E-state index >= 15 is 0 Å². The van der Waals surface area contributed by atoms with Gasteiger partial charge in [0.2, 0.25) is 0 Å². The number of hydrogen-bond donors (Lipinski definition) is 2. The van der Waals surface area contributed by atoms with Gasteiger partial charge in [0.1, 0.15) is 23.5 Å². The van der Waals surface area contributed by atoms with Crippen molar-refractivity contribution in [2.45, 2.75) is 6.54 Å². The highest BCUT2D eigenvalue weighted by Crippen LogP contribution is 2.32. The van der Waals surface area contributed by atoms with Gasteiger partial charge in [-0.2, -0.15) is 0 Å².